The maximum absolute atomic E-state index is 13.2. The summed E-state index contributed by atoms with van der Waals surface area (Å²) in [5.41, 5.74) is 4.95. The molecular weight excluding hydrogens is 410 g/mol. The summed E-state index contributed by atoms with van der Waals surface area (Å²) in [7, 11) is 3.19. The summed E-state index contributed by atoms with van der Waals surface area (Å²) in [6.07, 6.45) is 0.219. The number of benzene rings is 2. The Kier molecular flexibility index (Phi) is 5.84. The number of amides is 1. The van der Waals surface area contributed by atoms with Crippen molar-refractivity contribution in [3.8, 4) is 17.6 Å². The molecule has 4 rings (SSSR count). The zero-order chi connectivity index (χ0) is 22.1. The SMILES string of the molecule is COc1ccc(OC)c([C@@H]2CC(=O)N3CN(c4ccc(C)c(C)c4)CSC3=C2C#N)c1. The molecule has 1 amide bonds. The summed E-state index contributed by atoms with van der Waals surface area (Å²) in [5, 5.41) is 10.8. The van der Waals surface area contributed by atoms with Gasteiger partial charge >= 0.3 is 0 Å². The van der Waals surface area contributed by atoms with Gasteiger partial charge in [-0.25, -0.2) is 0 Å². The van der Waals surface area contributed by atoms with Gasteiger partial charge in [-0.1, -0.05) is 17.8 Å². The normalized spacial score (nSPS) is 18.5. The van der Waals surface area contributed by atoms with Crippen LogP contribution in [0.4, 0.5) is 5.69 Å². The second-order valence-electron chi connectivity index (χ2n) is 7.74. The fraction of sp³-hybridized carbons (Fsp3) is 0.333. The number of anilines is 1. The van der Waals surface area contributed by atoms with E-state index in [4.69, 9.17) is 9.47 Å². The first-order valence-electron chi connectivity index (χ1n) is 10.1. The molecular formula is C24H25N3O3S. The molecule has 0 bridgehead atoms. The number of aryl methyl sites for hydroxylation is 2. The second-order valence-corrected chi connectivity index (χ2v) is 8.67. The van der Waals surface area contributed by atoms with Crippen molar-refractivity contribution >= 4 is 23.4 Å². The smallest absolute Gasteiger partial charge is 0.229 e. The maximum Gasteiger partial charge on any atom is 0.229 e. The zero-order valence-electron chi connectivity index (χ0n) is 18.1. The lowest BCUT2D eigenvalue weighted by atomic mass is 9.86. The molecule has 1 atom stereocenters. The van der Waals surface area contributed by atoms with Crippen LogP contribution in [0.5, 0.6) is 11.5 Å². The average Bonchev–Trinajstić information content (AvgIpc) is 2.80. The highest BCUT2D eigenvalue weighted by atomic mass is 32.2. The Balaban J connectivity index is 1.70. The van der Waals surface area contributed by atoms with Gasteiger partial charge in [-0.2, -0.15) is 5.26 Å². The first-order valence-corrected chi connectivity index (χ1v) is 11.1. The van der Waals surface area contributed by atoms with Crippen LogP contribution < -0.4 is 14.4 Å². The van der Waals surface area contributed by atoms with E-state index in [2.05, 4.69) is 43.0 Å². The minimum Gasteiger partial charge on any atom is -0.497 e. The number of fused-ring (bicyclic) bond motifs is 1. The molecule has 6 nitrogen and oxygen atoms in total. The van der Waals surface area contributed by atoms with Crippen LogP contribution in [0.15, 0.2) is 47.0 Å². The van der Waals surface area contributed by atoms with E-state index in [1.54, 1.807) is 19.1 Å². The Morgan fingerprint density at radius 1 is 1.10 bits per heavy atom. The first kappa shape index (κ1) is 21.1. The standard InChI is InChI=1S/C24H25N3O3S/c1-15-5-6-17(9-16(15)2)26-13-27-23(28)11-19(21(12-25)24(27)31-14-26)20-10-18(29-3)7-8-22(20)30-4/h5-10,19H,11,13-14H2,1-4H3/t19-/m0/s1. The van der Waals surface area contributed by atoms with Crippen LogP contribution in [0.25, 0.3) is 0 Å². The third-order valence-electron chi connectivity index (χ3n) is 5.96. The average molecular weight is 436 g/mol. The Labute approximate surface area is 187 Å². The van der Waals surface area contributed by atoms with Crippen molar-refractivity contribution in [2.45, 2.75) is 26.2 Å². The van der Waals surface area contributed by atoms with Gasteiger partial charge in [0.05, 0.1) is 43.4 Å². The van der Waals surface area contributed by atoms with Crippen molar-refractivity contribution in [2.75, 3.05) is 31.7 Å². The van der Waals surface area contributed by atoms with E-state index in [1.165, 1.54) is 22.9 Å². The minimum absolute atomic E-state index is 0.00454. The van der Waals surface area contributed by atoms with E-state index in [-0.39, 0.29) is 18.2 Å². The van der Waals surface area contributed by atoms with Gasteiger partial charge in [-0.15, -0.1) is 0 Å². The number of ether oxygens (including phenoxy) is 2. The third kappa shape index (κ3) is 3.84. The van der Waals surface area contributed by atoms with E-state index < -0.39 is 0 Å². The quantitative estimate of drug-likeness (QED) is 0.703. The molecule has 7 heteroatoms. The van der Waals surface area contributed by atoms with E-state index in [9.17, 15) is 10.1 Å². The Hall–Kier alpha value is -3.11. The summed E-state index contributed by atoms with van der Waals surface area (Å²) < 4.78 is 10.9. The second kappa shape index (κ2) is 8.56. The van der Waals surface area contributed by atoms with Gasteiger partial charge in [0.1, 0.15) is 11.5 Å². The monoisotopic (exact) mass is 435 g/mol. The van der Waals surface area contributed by atoms with Gasteiger partial charge in [0.25, 0.3) is 0 Å². The number of carbonyl (C=O) groups excluding carboxylic acids is 1. The molecule has 0 aromatic heterocycles. The first-order chi connectivity index (χ1) is 15.0. The van der Waals surface area contributed by atoms with Crippen LogP contribution in [0.3, 0.4) is 0 Å². The molecule has 2 aliphatic rings. The van der Waals surface area contributed by atoms with Crippen LogP contribution in [0, 0.1) is 25.2 Å². The number of nitriles is 1. The number of allylic oxidation sites excluding steroid dienone is 1. The molecule has 0 N–H and O–H groups in total. The van der Waals surface area contributed by atoms with Crippen LogP contribution in [0.2, 0.25) is 0 Å². The highest BCUT2D eigenvalue weighted by Crippen LogP contribution is 2.46. The van der Waals surface area contributed by atoms with E-state index in [0.29, 0.717) is 29.6 Å². The van der Waals surface area contributed by atoms with Crippen LogP contribution in [-0.4, -0.2) is 37.6 Å². The summed E-state index contributed by atoms with van der Waals surface area (Å²) in [6.45, 7) is 4.62. The molecule has 0 unspecified atom stereocenters. The predicted octanol–water partition coefficient (Wildman–Crippen LogP) is 4.54. The molecule has 2 aromatic rings. The Morgan fingerprint density at radius 2 is 1.90 bits per heavy atom. The van der Waals surface area contributed by atoms with Crippen molar-refractivity contribution in [1.29, 1.82) is 5.26 Å². The number of methoxy groups -OCH3 is 2. The fourth-order valence-electron chi connectivity index (χ4n) is 4.03. The zero-order valence-corrected chi connectivity index (χ0v) is 19.0. The summed E-state index contributed by atoms with van der Waals surface area (Å²) >= 11 is 1.53. The molecule has 31 heavy (non-hydrogen) atoms. The number of carbonyl (C=O) groups is 1. The molecule has 1 saturated heterocycles. The predicted molar refractivity (Wildman–Crippen MR) is 122 cm³/mol. The van der Waals surface area contributed by atoms with Crippen molar-refractivity contribution in [2.24, 2.45) is 0 Å². The number of nitrogens with zero attached hydrogens (tertiary/aromatic N) is 3. The van der Waals surface area contributed by atoms with Gasteiger partial charge in [0.2, 0.25) is 5.91 Å². The molecule has 2 aliphatic heterocycles. The molecule has 160 valence electrons. The van der Waals surface area contributed by atoms with Gasteiger partial charge in [0, 0.05) is 23.6 Å². The van der Waals surface area contributed by atoms with Crippen molar-refractivity contribution in [3.63, 3.8) is 0 Å². The molecule has 2 aromatic carbocycles. The molecule has 0 aliphatic carbocycles. The highest BCUT2D eigenvalue weighted by molar-refractivity contribution is 8.03. The van der Waals surface area contributed by atoms with Gasteiger partial charge in [-0.3, -0.25) is 9.69 Å². The van der Waals surface area contributed by atoms with Crippen LogP contribution in [0.1, 0.15) is 29.0 Å². The minimum atomic E-state index is -0.352. The summed E-state index contributed by atoms with van der Waals surface area (Å²) in [4.78, 5) is 17.1. The van der Waals surface area contributed by atoms with Crippen LogP contribution in [-0.2, 0) is 4.79 Å². The third-order valence-corrected chi connectivity index (χ3v) is 7.12. The molecule has 0 saturated carbocycles. The molecule has 0 radical (unpaired) electrons. The Bertz CT molecular complexity index is 1110. The van der Waals surface area contributed by atoms with Gasteiger partial charge in [-0.05, 0) is 55.3 Å². The van der Waals surface area contributed by atoms with Crippen LogP contribution >= 0.6 is 11.8 Å². The van der Waals surface area contributed by atoms with Crippen molar-refractivity contribution < 1.29 is 14.3 Å². The molecule has 0 spiro atoms. The summed E-state index contributed by atoms with van der Waals surface area (Å²) in [5.74, 6) is 1.65. The highest BCUT2D eigenvalue weighted by Gasteiger charge is 2.39. The number of hydrogen-bond donors (Lipinski definition) is 0. The molecule has 2 heterocycles. The number of thioether (sulfide) groups is 1. The number of hydrogen-bond acceptors (Lipinski definition) is 6. The van der Waals surface area contributed by atoms with E-state index >= 15 is 0 Å². The lowest BCUT2D eigenvalue weighted by Gasteiger charge is -2.42. The van der Waals surface area contributed by atoms with E-state index in [1.807, 2.05) is 18.2 Å². The fourth-order valence-corrected chi connectivity index (χ4v) is 5.19. The lowest BCUT2D eigenvalue weighted by molar-refractivity contribution is -0.129. The van der Waals surface area contributed by atoms with Crippen molar-refractivity contribution in [3.05, 3.63) is 63.7 Å². The molecule has 1 fully saturated rings. The Morgan fingerprint density at radius 3 is 2.58 bits per heavy atom. The lowest BCUT2D eigenvalue weighted by Crippen LogP contribution is -2.47. The largest absolute Gasteiger partial charge is 0.497 e. The van der Waals surface area contributed by atoms with Crippen molar-refractivity contribution in [1.82, 2.24) is 4.90 Å². The topological polar surface area (TPSA) is 65.8 Å². The summed E-state index contributed by atoms with van der Waals surface area (Å²) in [6, 6.07) is 14.2. The van der Waals surface area contributed by atoms with E-state index in [0.717, 1.165) is 16.3 Å². The number of rotatable bonds is 4. The van der Waals surface area contributed by atoms with Gasteiger partial charge < -0.3 is 14.4 Å². The van der Waals surface area contributed by atoms with Gasteiger partial charge in [0.15, 0.2) is 0 Å². The maximum atomic E-state index is 13.2.